The Balaban J connectivity index is 1.72. The van der Waals surface area contributed by atoms with Crippen molar-refractivity contribution in [1.29, 1.82) is 0 Å². The van der Waals surface area contributed by atoms with Gasteiger partial charge in [0.1, 0.15) is 5.75 Å². The van der Waals surface area contributed by atoms with E-state index in [4.69, 9.17) is 27.9 Å². The molecule has 0 radical (unpaired) electrons. The number of nitrogens with one attached hydrogen (secondary N) is 1. The van der Waals surface area contributed by atoms with Crippen LogP contribution in [0.5, 0.6) is 5.75 Å². The lowest BCUT2D eigenvalue weighted by molar-refractivity contribution is 0.0955. The Kier molecular flexibility index (Phi) is 7.97. The number of benzene rings is 3. The summed E-state index contributed by atoms with van der Waals surface area (Å²) in [6.45, 7) is 0.0206. The number of para-hydroxylation sites is 1. The molecule has 1 N–H and O–H groups in total. The molecule has 0 aliphatic heterocycles. The number of hydrogen-bond acceptors (Lipinski definition) is 5. The Morgan fingerprint density at radius 3 is 2.42 bits per heavy atom. The van der Waals surface area contributed by atoms with Crippen molar-refractivity contribution in [2.24, 2.45) is 5.10 Å². The third-order valence-electron chi connectivity index (χ3n) is 4.65. The number of methoxy groups -OCH3 is 1. The maximum absolute atomic E-state index is 12.4. The van der Waals surface area contributed by atoms with E-state index in [9.17, 15) is 13.2 Å². The fourth-order valence-corrected chi connectivity index (χ4v) is 4.33. The number of ether oxygens (including phenoxy) is 1. The smallest absolute Gasteiger partial charge is 0.271 e. The molecule has 0 saturated heterocycles. The zero-order chi connectivity index (χ0) is 24.0. The Morgan fingerprint density at radius 2 is 1.76 bits per heavy atom. The normalized spacial score (nSPS) is 11.4. The number of anilines is 1. The van der Waals surface area contributed by atoms with Crippen molar-refractivity contribution in [3.8, 4) is 5.75 Å². The molecule has 0 heterocycles. The highest BCUT2D eigenvalue weighted by Crippen LogP contribution is 2.34. The van der Waals surface area contributed by atoms with Crippen LogP contribution in [0, 0.1) is 0 Å². The van der Waals surface area contributed by atoms with Crippen molar-refractivity contribution >= 4 is 51.0 Å². The van der Waals surface area contributed by atoms with Gasteiger partial charge < -0.3 is 4.74 Å². The molecule has 3 aromatic carbocycles. The molecule has 0 fully saturated rings. The van der Waals surface area contributed by atoms with Gasteiger partial charge in [-0.1, -0.05) is 53.5 Å². The second kappa shape index (κ2) is 10.7. The van der Waals surface area contributed by atoms with Gasteiger partial charge in [0.2, 0.25) is 10.0 Å². The summed E-state index contributed by atoms with van der Waals surface area (Å²) in [7, 11) is -2.09. The molecule has 0 aliphatic carbocycles. The van der Waals surface area contributed by atoms with Gasteiger partial charge in [0, 0.05) is 11.1 Å². The SMILES string of the molecule is COc1ccccc1/C=N\NC(=O)c1ccc(CN(c2cccc(Cl)c2Cl)S(C)(=O)=O)cc1. The first-order valence-electron chi connectivity index (χ1n) is 9.68. The molecule has 0 bridgehead atoms. The molecular weight excluding hydrogens is 485 g/mol. The maximum atomic E-state index is 12.4. The van der Waals surface area contributed by atoms with Crippen LogP contribution in [0.4, 0.5) is 5.69 Å². The fraction of sp³-hybridized carbons (Fsp3) is 0.130. The summed E-state index contributed by atoms with van der Waals surface area (Å²) in [5.74, 6) is 0.223. The number of nitrogens with zero attached hydrogens (tertiary/aromatic N) is 2. The summed E-state index contributed by atoms with van der Waals surface area (Å²) in [4.78, 5) is 12.4. The zero-order valence-corrected chi connectivity index (χ0v) is 20.2. The second-order valence-corrected chi connectivity index (χ2v) is 9.67. The Bertz CT molecular complexity index is 1280. The maximum Gasteiger partial charge on any atom is 0.271 e. The quantitative estimate of drug-likeness (QED) is 0.354. The van der Waals surface area contributed by atoms with Crippen molar-refractivity contribution < 1.29 is 17.9 Å². The number of amides is 1. The van der Waals surface area contributed by atoms with Crippen LogP contribution < -0.4 is 14.5 Å². The summed E-state index contributed by atoms with van der Waals surface area (Å²) in [6, 6.07) is 18.6. The van der Waals surface area contributed by atoms with Gasteiger partial charge in [-0.15, -0.1) is 0 Å². The first-order valence-corrected chi connectivity index (χ1v) is 12.3. The lowest BCUT2D eigenvalue weighted by Gasteiger charge is -2.24. The van der Waals surface area contributed by atoms with E-state index >= 15 is 0 Å². The van der Waals surface area contributed by atoms with Gasteiger partial charge >= 0.3 is 0 Å². The second-order valence-electron chi connectivity index (χ2n) is 6.98. The standard InChI is InChI=1S/C23H21Cl2N3O4S/c1-32-21-9-4-3-6-18(21)14-26-27-23(29)17-12-10-16(11-13-17)15-28(33(2,30)31)20-8-5-7-19(24)22(20)25/h3-14H,15H2,1-2H3,(H,27,29)/b26-14-. The monoisotopic (exact) mass is 505 g/mol. The van der Waals surface area contributed by atoms with Gasteiger partial charge in [-0.3, -0.25) is 9.10 Å². The number of halogens is 2. The average molecular weight is 506 g/mol. The van der Waals surface area contributed by atoms with Crippen LogP contribution in [0.3, 0.4) is 0 Å². The summed E-state index contributed by atoms with van der Waals surface area (Å²) < 4.78 is 31.2. The highest BCUT2D eigenvalue weighted by Gasteiger charge is 2.21. The van der Waals surface area contributed by atoms with Gasteiger partial charge in [-0.05, 0) is 42.0 Å². The highest BCUT2D eigenvalue weighted by molar-refractivity contribution is 7.92. The molecule has 3 rings (SSSR count). The first-order chi connectivity index (χ1) is 15.7. The van der Waals surface area contributed by atoms with Crippen LogP contribution in [0.25, 0.3) is 0 Å². The van der Waals surface area contributed by atoms with E-state index in [2.05, 4.69) is 10.5 Å². The number of rotatable bonds is 8. The van der Waals surface area contributed by atoms with Crippen LogP contribution in [0.1, 0.15) is 21.5 Å². The zero-order valence-electron chi connectivity index (χ0n) is 17.8. The Labute approximate surface area is 202 Å². The molecule has 7 nitrogen and oxygen atoms in total. The predicted molar refractivity (Wildman–Crippen MR) is 132 cm³/mol. The van der Waals surface area contributed by atoms with Crippen LogP contribution in [-0.4, -0.2) is 33.9 Å². The van der Waals surface area contributed by atoms with Crippen LogP contribution in [0.15, 0.2) is 71.8 Å². The summed E-state index contributed by atoms with van der Waals surface area (Å²) in [6.07, 6.45) is 2.58. The molecule has 33 heavy (non-hydrogen) atoms. The first kappa shape index (κ1) is 24.6. The lowest BCUT2D eigenvalue weighted by Crippen LogP contribution is -2.29. The van der Waals surface area contributed by atoms with Crippen molar-refractivity contribution in [3.63, 3.8) is 0 Å². The lowest BCUT2D eigenvalue weighted by atomic mass is 10.1. The minimum atomic E-state index is -3.64. The third kappa shape index (κ3) is 6.25. The number of carbonyl (C=O) groups is 1. The molecule has 1 amide bonds. The van der Waals surface area contributed by atoms with Crippen molar-refractivity contribution in [3.05, 3.63) is 93.5 Å². The third-order valence-corrected chi connectivity index (χ3v) is 6.59. The van der Waals surface area contributed by atoms with E-state index in [1.165, 1.54) is 6.21 Å². The van der Waals surface area contributed by atoms with Gasteiger partial charge in [-0.2, -0.15) is 5.10 Å². The molecule has 0 aromatic heterocycles. The molecular formula is C23H21Cl2N3O4S. The number of sulfonamides is 1. The predicted octanol–water partition coefficient (Wildman–Crippen LogP) is 4.73. The van der Waals surface area contributed by atoms with Crippen LogP contribution in [0.2, 0.25) is 10.0 Å². The molecule has 0 unspecified atom stereocenters. The van der Waals surface area contributed by atoms with Gasteiger partial charge in [0.25, 0.3) is 5.91 Å². The Morgan fingerprint density at radius 1 is 1.06 bits per heavy atom. The van der Waals surface area contributed by atoms with E-state index in [1.54, 1.807) is 55.6 Å². The summed E-state index contributed by atoms with van der Waals surface area (Å²) >= 11 is 12.3. The van der Waals surface area contributed by atoms with Crippen LogP contribution in [-0.2, 0) is 16.6 Å². The highest BCUT2D eigenvalue weighted by atomic mass is 35.5. The fourth-order valence-electron chi connectivity index (χ4n) is 2.99. The van der Waals surface area contributed by atoms with Crippen molar-refractivity contribution in [2.75, 3.05) is 17.7 Å². The molecule has 10 heteroatoms. The van der Waals surface area contributed by atoms with E-state index in [1.807, 2.05) is 18.2 Å². The van der Waals surface area contributed by atoms with E-state index < -0.39 is 15.9 Å². The molecule has 3 aromatic rings. The van der Waals surface area contributed by atoms with Gasteiger partial charge in [0.05, 0.1) is 41.9 Å². The molecule has 0 aliphatic rings. The summed E-state index contributed by atoms with van der Waals surface area (Å²) in [5, 5.41) is 4.37. The minimum absolute atomic E-state index is 0.0206. The molecule has 0 saturated carbocycles. The molecule has 0 spiro atoms. The number of hydrazone groups is 1. The average Bonchev–Trinajstić information content (AvgIpc) is 2.79. The van der Waals surface area contributed by atoms with Crippen molar-refractivity contribution in [1.82, 2.24) is 5.43 Å². The van der Waals surface area contributed by atoms with Crippen molar-refractivity contribution in [2.45, 2.75) is 6.54 Å². The van der Waals surface area contributed by atoms with Gasteiger partial charge in [-0.25, -0.2) is 13.8 Å². The van der Waals surface area contributed by atoms with E-state index in [0.717, 1.165) is 16.1 Å². The molecule has 0 atom stereocenters. The van der Waals surface area contributed by atoms with Crippen LogP contribution >= 0.6 is 23.2 Å². The largest absolute Gasteiger partial charge is 0.496 e. The minimum Gasteiger partial charge on any atom is -0.496 e. The summed E-state index contributed by atoms with van der Waals surface area (Å²) in [5.41, 5.74) is 4.48. The number of carbonyl (C=O) groups excluding carboxylic acids is 1. The van der Waals surface area contributed by atoms with E-state index in [-0.39, 0.29) is 22.3 Å². The molecule has 172 valence electrons. The Hall–Kier alpha value is -3.07. The topological polar surface area (TPSA) is 88.1 Å². The van der Waals surface area contributed by atoms with E-state index in [0.29, 0.717) is 16.9 Å². The number of hydrogen-bond donors (Lipinski definition) is 1. The van der Waals surface area contributed by atoms with Gasteiger partial charge in [0.15, 0.2) is 0 Å².